The fourth-order valence-electron chi connectivity index (χ4n) is 3.10. The van der Waals surface area contributed by atoms with Crippen LogP contribution in [0, 0.1) is 0 Å². The smallest absolute Gasteiger partial charge is 0.166 e. The van der Waals surface area contributed by atoms with E-state index in [1.54, 1.807) is 0 Å². The molecule has 0 aliphatic heterocycles. The van der Waals surface area contributed by atoms with Crippen molar-refractivity contribution in [2.45, 2.75) is 31.7 Å². The predicted octanol–water partition coefficient (Wildman–Crippen LogP) is 3.19. The lowest BCUT2D eigenvalue weighted by Gasteiger charge is -2.12. The van der Waals surface area contributed by atoms with Gasteiger partial charge in [0.25, 0.3) is 0 Å². The van der Waals surface area contributed by atoms with E-state index in [0.29, 0.717) is 23.2 Å². The number of benzene rings is 1. The number of nitrogens with zero attached hydrogens (tertiary/aromatic N) is 4. The summed E-state index contributed by atoms with van der Waals surface area (Å²) in [5, 5.41) is 0. The minimum absolute atomic E-state index is 0.454. The fraction of sp³-hybridized carbons (Fsp3) is 0.312. The lowest BCUT2D eigenvalue weighted by atomic mass is 10.2. The van der Waals surface area contributed by atoms with Gasteiger partial charge in [-0.3, -0.25) is 0 Å². The quantitative estimate of drug-likeness (QED) is 0.782. The minimum atomic E-state index is 0.454. The highest BCUT2D eigenvalue weighted by Crippen LogP contribution is 2.32. The first-order chi connectivity index (χ1) is 10.3. The first-order valence-corrected chi connectivity index (χ1v) is 7.38. The van der Waals surface area contributed by atoms with Gasteiger partial charge >= 0.3 is 0 Å². The molecule has 1 aliphatic carbocycles. The summed E-state index contributed by atoms with van der Waals surface area (Å²) in [5.74, 6) is 1.12. The number of aromatic nitrogens is 4. The molecule has 1 saturated carbocycles. The van der Waals surface area contributed by atoms with Crippen LogP contribution in [0.2, 0.25) is 0 Å². The average Bonchev–Trinajstić information content (AvgIpc) is 3.16. The van der Waals surface area contributed by atoms with Gasteiger partial charge in [0.2, 0.25) is 0 Å². The molecule has 5 heteroatoms. The Bertz CT molecular complexity index is 772. The zero-order valence-corrected chi connectivity index (χ0v) is 11.7. The van der Waals surface area contributed by atoms with Crippen molar-refractivity contribution in [3.05, 3.63) is 36.7 Å². The molecule has 1 aliphatic rings. The van der Waals surface area contributed by atoms with Crippen molar-refractivity contribution in [3.8, 4) is 11.4 Å². The van der Waals surface area contributed by atoms with Gasteiger partial charge in [-0.25, -0.2) is 15.0 Å². The first kappa shape index (κ1) is 12.3. The van der Waals surface area contributed by atoms with Gasteiger partial charge in [0, 0.05) is 11.6 Å². The zero-order valence-electron chi connectivity index (χ0n) is 11.7. The second kappa shape index (κ2) is 4.84. The summed E-state index contributed by atoms with van der Waals surface area (Å²) < 4.78 is 2.17. The Morgan fingerprint density at radius 2 is 1.81 bits per heavy atom. The van der Waals surface area contributed by atoms with Gasteiger partial charge in [-0.1, -0.05) is 43.2 Å². The summed E-state index contributed by atoms with van der Waals surface area (Å²) in [4.78, 5) is 13.5. The van der Waals surface area contributed by atoms with Crippen LogP contribution in [0.1, 0.15) is 31.7 Å². The molecule has 0 spiro atoms. The summed E-state index contributed by atoms with van der Waals surface area (Å²) in [6.45, 7) is 0. The van der Waals surface area contributed by atoms with Crippen LogP contribution in [0.25, 0.3) is 22.6 Å². The Kier molecular flexibility index (Phi) is 2.84. The predicted molar refractivity (Wildman–Crippen MR) is 82.7 cm³/mol. The summed E-state index contributed by atoms with van der Waals surface area (Å²) in [6, 6.07) is 10.4. The van der Waals surface area contributed by atoms with Crippen LogP contribution in [0.3, 0.4) is 0 Å². The van der Waals surface area contributed by atoms with Gasteiger partial charge in [0.1, 0.15) is 5.52 Å². The summed E-state index contributed by atoms with van der Waals surface area (Å²) >= 11 is 0. The Balaban J connectivity index is 1.89. The van der Waals surface area contributed by atoms with Crippen molar-refractivity contribution >= 4 is 17.0 Å². The Labute approximate surface area is 122 Å². The van der Waals surface area contributed by atoms with Gasteiger partial charge in [0.05, 0.1) is 6.33 Å². The largest absolute Gasteiger partial charge is 0.382 e. The van der Waals surface area contributed by atoms with Crippen molar-refractivity contribution in [3.63, 3.8) is 0 Å². The lowest BCUT2D eigenvalue weighted by molar-refractivity contribution is 0.529. The molecule has 21 heavy (non-hydrogen) atoms. The second-order valence-electron chi connectivity index (χ2n) is 5.56. The van der Waals surface area contributed by atoms with Crippen molar-refractivity contribution in [1.82, 2.24) is 19.5 Å². The zero-order chi connectivity index (χ0) is 14.2. The molecule has 3 aromatic rings. The molecular weight excluding hydrogens is 262 g/mol. The highest BCUT2D eigenvalue weighted by atomic mass is 15.2. The Morgan fingerprint density at radius 1 is 1.05 bits per heavy atom. The Hall–Kier alpha value is -2.43. The van der Waals surface area contributed by atoms with Crippen LogP contribution in [-0.4, -0.2) is 19.5 Å². The summed E-state index contributed by atoms with van der Waals surface area (Å²) in [7, 11) is 0. The summed E-state index contributed by atoms with van der Waals surface area (Å²) in [5.41, 5.74) is 8.62. The van der Waals surface area contributed by atoms with Crippen LogP contribution in [-0.2, 0) is 0 Å². The van der Waals surface area contributed by atoms with E-state index in [1.807, 2.05) is 36.7 Å². The molecule has 5 nitrogen and oxygen atoms in total. The van der Waals surface area contributed by atoms with Crippen LogP contribution < -0.4 is 5.73 Å². The van der Waals surface area contributed by atoms with Crippen molar-refractivity contribution in [1.29, 1.82) is 0 Å². The maximum atomic E-state index is 6.08. The maximum Gasteiger partial charge on any atom is 0.166 e. The fourth-order valence-corrected chi connectivity index (χ4v) is 3.10. The number of anilines is 1. The van der Waals surface area contributed by atoms with E-state index in [9.17, 15) is 0 Å². The monoisotopic (exact) mass is 279 g/mol. The molecule has 0 radical (unpaired) electrons. The average molecular weight is 279 g/mol. The molecule has 2 N–H and O–H groups in total. The van der Waals surface area contributed by atoms with E-state index in [1.165, 1.54) is 25.7 Å². The van der Waals surface area contributed by atoms with Crippen LogP contribution in [0.4, 0.5) is 5.82 Å². The van der Waals surface area contributed by atoms with Gasteiger partial charge in [-0.05, 0) is 12.8 Å². The molecule has 0 atom stereocenters. The first-order valence-electron chi connectivity index (χ1n) is 7.38. The number of hydrogen-bond donors (Lipinski definition) is 1. The van der Waals surface area contributed by atoms with E-state index < -0.39 is 0 Å². The molecule has 1 aromatic carbocycles. The third kappa shape index (κ3) is 2.05. The number of rotatable bonds is 2. The molecule has 2 aromatic heterocycles. The molecule has 0 unspecified atom stereocenters. The number of fused-ring (bicyclic) bond motifs is 1. The molecule has 0 amide bonds. The lowest BCUT2D eigenvalue weighted by Crippen LogP contribution is -2.05. The van der Waals surface area contributed by atoms with Crippen molar-refractivity contribution in [2.75, 3.05) is 5.73 Å². The van der Waals surface area contributed by atoms with E-state index in [4.69, 9.17) is 10.7 Å². The number of imidazole rings is 1. The molecule has 0 bridgehead atoms. The highest BCUT2D eigenvalue weighted by Gasteiger charge is 2.21. The molecule has 106 valence electrons. The van der Waals surface area contributed by atoms with E-state index in [0.717, 1.165) is 11.2 Å². The van der Waals surface area contributed by atoms with Gasteiger partial charge in [-0.15, -0.1) is 0 Å². The van der Waals surface area contributed by atoms with Crippen LogP contribution in [0.5, 0.6) is 0 Å². The van der Waals surface area contributed by atoms with Gasteiger partial charge in [-0.2, -0.15) is 0 Å². The molecule has 1 fully saturated rings. The number of nitrogens with two attached hydrogens (primary N) is 1. The van der Waals surface area contributed by atoms with Crippen molar-refractivity contribution in [2.24, 2.45) is 0 Å². The van der Waals surface area contributed by atoms with Gasteiger partial charge < -0.3 is 10.3 Å². The SMILES string of the molecule is Nc1nc(-c2ccccc2)nc2c1ncn2C1CCCC1. The minimum Gasteiger partial charge on any atom is -0.382 e. The molecular formula is C16H17N5. The number of nitrogen functional groups attached to an aromatic ring is 1. The summed E-state index contributed by atoms with van der Waals surface area (Å²) in [6.07, 6.45) is 6.79. The standard InChI is InChI=1S/C16H17N5/c17-14-13-16(21(10-18-13)12-8-4-5-9-12)20-15(19-14)11-6-2-1-3-7-11/h1-3,6-7,10,12H,4-5,8-9H2,(H2,17,19,20). The van der Waals surface area contributed by atoms with Crippen LogP contribution in [0.15, 0.2) is 36.7 Å². The van der Waals surface area contributed by atoms with Crippen molar-refractivity contribution < 1.29 is 0 Å². The van der Waals surface area contributed by atoms with E-state index in [2.05, 4.69) is 14.5 Å². The third-order valence-electron chi connectivity index (χ3n) is 4.20. The molecule has 4 rings (SSSR count). The topological polar surface area (TPSA) is 69.6 Å². The van der Waals surface area contributed by atoms with E-state index >= 15 is 0 Å². The maximum absolute atomic E-state index is 6.08. The Morgan fingerprint density at radius 3 is 2.57 bits per heavy atom. The molecule has 0 saturated heterocycles. The molecule has 2 heterocycles. The highest BCUT2D eigenvalue weighted by molar-refractivity contribution is 5.83. The number of hydrogen-bond acceptors (Lipinski definition) is 4. The van der Waals surface area contributed by atoms with Crippen LogP contribution >= 0.6 is 0 Å². The third-order valence-corrected chi connectivity index (χ3v) is 4.20. The second-order valence-corrected chi connectivity index (χ2v) is 5.56. The van der Waals surface area contributed by atoms with Gasteiger partial charge in [0.15, 0.2) is 17.3 Å². The normalized spacial score (nSPS) is 15.8. The van der Waals surface area contributed by atoms with E-state index in [-0.39, 0.29) is 0 Å².